The summed E-state index contributed by atoms with van der Waals surface area (Å²) in [5.41, 5.74) is 2.76. The van der Waals surface area contributed by atoms with Crippen LogP contribution in [0.25, 0.3) is 0 Å². The van der Waals surface area contributed by atoms with E-state index in [1.807, 2.05) is 17.0 Å². The number of ether oxygens (including phenoxy) is 1. The van der Waals surface area contributed by atoms with Crippen LogP contribution in [-0.4, -0.2) is 41.6 Å². The number of amides is 1. The highest BCUT2D eigenvalue weighted by atomic mass is 16.5. The Balaban J connectivity index is 1.57. The second-order valence-corrected chi connectivity index (χ2v) is 6.61. The largest absolute Gasteiger partial charge is 0.478 e. The zero-order chi connectivity index (χ0) is 17.4. The first-order valence-electron chi connectivity index (χ1n) is 8.44. The van der Waals surface area contributed by atoms with Gasteiger partial charge in [0.1, 0.15) is 5.60 Å². The maximum atomic E-state index is 12.9. The Labute approximate surface area is 145 Å². The van der Waals surface area contributed by atoms with Gasteiger partial charge in [-0.25, -0.2) is 4.79 Å². The summed E-state index contributed by atoms with van der Waals surface area (Å²) in [4.78, 5) is 25.6. The minimum atomic E-state index is -0.994. The van der Waals surface area contributed by atoms with Gasteiger partial charge in [0.2, 0.25) is 0 Å². The molecule has 4 rings (SSSR count). The van der Waals surface area contributed by atoms with Gasteiger partial charge >= 0.3 is 5.97 Å². The Morgan fingerprint density at radius 2 is 1.76 bits per heavy atom. The van der Waals surface area contributed by atoms with Crippen LogP contribution in [-0.2, 0) is 16.8 Å². The summed E-state index contributed by atoms with van der Waals surface area (Å²) in [7, 11) is 0. The van der Waals surface area contributed by atoms with Gasteiger partial charge in [0.15, 0.2) is 0 Å². The second kappa shape index (κ2) is 6.01. The van der Waals surface area contributed by atoms with Crippen LogP contribution in [0.5, 0.6) is 0 Å². The van der Waals surface area contributed by atoms with Crippen molar-refractivity contribution < 1.29 is 19.4 Å². The number of carbonyl (C=O) groups excluding carboxylic acids is 1. The van der Waals surface area contributed by atoms with Crippen molar-refractivity contribution in [1.82, 2.24) is 4.90 Å². The van der Waals surface area contributed by atoms with E-state index < -0.39 is 11.6 Å². The third-order valence-electron chi connectivity index (χ3n) is 5.16. The maximum absolute atomic E-state index is 12.9. The first kappa shape index (κ1) is 15.8. The molecule has 1 fully saturated rings. The fourth-order valence-electron chi connectivity index (χ4n) is 3.86. The Hall–Kier alpha value is -2.66. The molecule has 0 aromatic heterocycles. The predicted molar refractivity (Wildman–Crippen MR) is 91.7 cm³/mol. The summed E-state index contributed by atoms with van der Waals surface area (Å²) in [5.74, 6) is -1.07. The van der Waals surface area contributed by atoms with E-state index in [4.69, 9.17) is 9.84 Å². The van der Waals surface area contributed by atoms with Crippen LogP contribution in [0.1, 0.15) is 38.3 Å². The average Bonchev–Trinajstić information content (AvgIpc) is 2.99. The van der Waals surface area contributed by atoms with Gasteiger partial charge in [0, 0.05) is 12.1 Å². The number of aryl methyl sites for hydroxylation is 1. The molecular weight excluding hydrogens is 318 g/mol. The van der Waals surface area contributed by atoms with E-state index in [1.54, 1.807) is 12.1 Å². The first-order valence-corrected chi connectivity index (χ1v) is 8.44. The number of aromatic carboxylic acids is 1. The average molecular weight is 337 g/mol. The lowest BCUT2D eigenvalue weighted by atomic mass is 9.93. The number of morpholine rings is 1. The third kappa shape index (κ3) is 2.70. The van der Waals surface area contributed by atoms with Gasteiger partial charge in [-0.15, -0.1) is 0 Å². The molecule has 128 valence electrons. The Bertz CT molecular complexity index is 826. The van der Waals surface area contributed by atoms with E-state index in [1.165, 1.54) is 23.3 Å². The van der Waals surface area contributed by atoms with Crippen LogP contribution in [0.15, 0.2) is 48.5 Å². The molecule has 1 saturated heterocycles. The quantitative estimate of drug-likeness (QED) is 0.915. The van der Waals surface area contributed by atoms with Crippen molar-refractivity contribution in [2.75, 3.05) is 19.7 Å². The maximum Gasteiger partial charge on any atom is 0.335 e. The Morgan fingerprint density at radius 1 is 1.04 bits per heavy atom. The van der Waals surface area contributed by atoms with Crippen LogP contribution in [0, 0.1) is 0 Å². The standard InChI is InChI=1S/C20H19NO4/c22-18(15-5-7-16(8-6-15)19(23)24)21-11-12-25-20(13-21)10-9-14-3-1-2-4-17(14)20/h1-8H,9-13H2,(H,23,24)/t20-/m0/s1. The highest BCUT2D eigenvalue weighted by molar-refractivity contribution is 5.96. The van der Waals surface area contributed by atoms with E-state index >= 15 is 0 Å². The molecule has 1 heterocycles. The van der Waals surface area contributed by atoms with Crippen molar-refractivity contribution in [2.45, 2.75) is 18.4 Å². The number of carboxylic acids is 1. The van der Waals surface area contributed by atoms with Gasteiger partial charge in [0.05, 0.1) is 18.7 Å². The lowest BCUT2D eigenvalue weighted by Gasteiger charge is -2.41. The van der Waals surface area contributed by atoms with E-state index in [9.17, 15) is 9.59 Å². The second-order valence-electron chi connectivity index (χ2n) is 6.61. The molecule has 2 aliphatic rings. The van der Waals surface area contributed by atoms with Gasteiger partial charge in [0.25, 0.3) is 5.91 Å². The molecule has 1 amide bonds. The zero-order valence-corrected chi connectivity index (χ0v) is 13.8. The van der Waals surface area contributed by atoms with Crippen molar-refractivity contribution in [2.24, 2.45) is 0 Å². The molecule has 1 aliphatic carbocycles. The number of fused-ring (bicyclic) bond motifs is 2. The molecule has 25 heavy (non-hydrogen) atoms. The lowest BCUT2D eigenvalue weighted by Crippen LogP contribution is -2.51. The number of carbonyl (C=O) groups is 2. The van der Waals surface area contributed by atoms with Crippen molar-refractivity contribution >= 4 is 11.9 Å². The predicted octanol–water partition coefficient (Wildman–Crippen LogP) is 2.70. The van der Waals surface area contributed by atoms with Gasteiger partial charge in [-0.1, -0.05) is 24.3 Å². The van der Waals surface area contributed by atoms with Crippen molar-refractivity contribution in [3.8, 4) is 0 Å². The van der Waals surface area contributed by atoms with Crippen LogP contribution in [0.2, 0.25) is 0 Å². The fraction of sp³-hybridized carbons (Fsp3) is 0.300. The molecule has 1 atom stereocenters. The Morgan fingerprint density at radius 3 is 2.52 bits per heavy atom. The van der Waals surface area contributed by atoms with Crippen LogP contribution >= 0.6 is 0 Å². The summed E-state index contributed by atoms with van der Waals surface area (Å²) in [6.07, 6.45) is 1.85. The molecule has 2 aromatic carbocycles. The highest BCUT2D eigenvalue weighted by Gasteiger charge is 2.44. The van der Waals surface area contributed by atoms with Crippen molar-refractivity contribution in [1.29, 1.82) is 0 Å². The fourth-order valence-corrected chi connectivity index (χ4v) is 3.86. The minimum absolute atomic E-state index is 0.0796. The molecule has 5 heteroatoms. The van der Waals surface area contributed by atoms with Crippen LogP contribution in [0.3, 0.4) is 0 Å². The molecule has 0 unspecified atom stereocenters. The third-order valence-corrected chi connectivity index (χ3v) is 5.16. The highest BCUT2D eigenvalue weighted by Crippen LogP contribution is 2.42. The molecule has 1 spiro atoms. The monoisotopic (exact) mass is 337 g/mol. The summed E-state index contributed by atoms with van der Waals surface area (Å²) < 4.78 is 6.15. The van der Waals surface area contributed by atoms with Crippen LogP contribution in [0.4, 0.5) is 0 Å². The first-order chi connectivity index (χ1) is 12.1. The number of hydrogen-bond acceptors (Lipinski definition) is 3. The zero-order valence-electron chi connectivity index (χ0n) is 13.8. The summed E-state index contributed by atoms with van der Waals surface area (Å²) in [5, 5.41) is 8.98. The SMILES string of the molecule is O=C(O)c1ccc(C(=O)N2CCO[C@@]3(CCc4ccccc43)C2)cc1. The summed E-state index contributed by atoms with van der Waals surface area (Å²) in [6.45, 7) is 1.58. The topological polar surface area (TPSA) is 66.8 Å². The molecule has 1 N–H and O–H groups in total. The van der Waals surface area contributed by atoms with Gasteiger partial charge < -0.3 is 14.7 Å². The lowest BCUT2D eigenvalue weighted by molar-refractivity contribution is -0.103. The van der Waals surface area contributed by atoms with E-state index in [2.05, 4.69) is 12.1 Å². The summed E-state index contributed by atoms with van der Waals surface area (Å²) in [6, 6.07) is 14.4. The van der Waals surface area contributed by atoms with E-state index in [0.717, 1.165) is 12.8 Å². The van der Waals surface area contributed by atoms with Crippen molar-refractivity contribution in [3.63, 3.8) is 0 Å². The van der Waals surface area contributed by atoms with Gasteiger partial charge in [-0.05, 0) is 48.2 Å². The molecule has 0 bridgehead atoms. The Kier molecular flexibility index (Phi) is 3.81. The molecular formula is C20H19NO4. The number of hydrogen-bond donors (Lipinski definition) is 1. The molecule has 2 aromatic rings. The number of benzene rings is 2. The number of carboxylic acid groups (broad SMARTS) is 1. The normalized spacial score (nSPS) is 22.0. The number of nitrogens with zero attached hydrogens (tertiary/aromatic N) is 1. The van der Waals surface area contributed by atoms with Gasteiger partial charge in [-0.3, -0.25) is 4.79 Å². The van der Waals surface area contributed by atoms with Crippen molar-refractivity contribution in [3.05, 3.63) is 70.8 Å². The molecule has 0 saturated carbocycles. The van der Waals surface area contributed by atoms with Gasteiger partial charge in [-0.2, -0.15) is 0 Å². The smallest absolute Gasteiger partial charge is 0.335 e. The molecule has 0 radical (unpaired) electrons. The number of rotatable bonds is 2. The molecule has 5 nitrogen and oxygen atoms in total. The van der Waals surface area contributed by atoms with Crippen LogP contribution < -0.4 is 0 Å². The van der Waals surface area contributed by atoms with E-state index in [-0.39, 0.29) is 11.5 Å². The molecule has 1 aliphatic heterocycles. The summed E-state index contributed by atoms with van der Waals surface area (Å²) >= 11 is 0. The van der Waals surface area contributed by atoms with E-state index in [0.29, 0.717) is 25.3 Å². The minimum Gasteiger partial charge on any atom is -0.478 e.